The average molecular weight is 284 g/mol. The predicted octanol–water partition coefficient (Wildman–Crippen LogP) is 4.46. The van der Waals surface area contributed by atoms with E-state index in [1.54, 1.807) is 0 Å². The molecule has 0 amide bonds. The van der Waals surface area contributed by atoms with Crippen molar-refractivity contribution in [2.45, 2.75) is 77.0 Å². The van der Waals surface area contributed by atoms with Crippen LogP contribution < -0.4 is 0 Å². The minimum absolute atomic E-state index is 0.172. The maximum atomic E-state index is 12.0. The molecule has 0 rings (SSSR count). The first-order valence-corrected chi connectivity index (χ1v) is 7.31. The van der Waals surface area contributed by atoms with E-state index >= 15 is 0 Å². The van der Waals surface area contributed by atoms with Crippen molar-refractivity contribution in [2.75, 3.05) is 13.2 Å². The van der Waals surface area contributed by atoms with Crippen LogP contribution in [0.25, 0.3) is 0 Å². The van der Waals surface area contributed by atoms with E-state index in [0.717, 1.165) is 58.2 Å². The van der Waals surface area contributed by atoms with Crippen LogP contribution in [0.15, 0.2) is 0 Å². The molecule has 0 saturated carbocycles. The molecule has 0 radical (unpaired) electrons. The van der Waals surface area contributed by atoms with Crippen molar-refractivity contribution in [1.29, 1.82) is 0 Å². The summed E-state index contributed by atoms with van der Waals surface area (Å²) in [4.78, 5) is 0. The Kier molecular flexibility index (Phi) is 11.4. The molecule has 116 valence electrons. The number of hydrogen-bond donors (Lipinski definition) is 1. The maximum Gasteiger partial charge on any atom is 0.414 e. The number of halogens is 3. The fraction of sp³-hybridized carbons (Fsp3) is 1.00. The minimum Gasteiger partial charge on any atom is -0.384 e. The molecule has 0 aromatic rings. The van der Waals surface area contributed by atoms with E-state index in [0.29, 0.717) is 6.42 Å². The van der Waals surface area contributed by atoms with Gasteiger partial charge in [-0.25, -0.2) is 0 Å². The minimum atomic E-state index is -4.46. The molecule has 0 fully saturated rings. The first kappa shape index (κ1) is 18.7. The van der Waals surface area contributed by atoms with Crippen molar-refractivity contribution in [3.05, 3.63) is 0 Å². The third-order valence-corrected chi connectivity index (χ3v) is 2.99. The molecule has 0 aliphatic carbocycles. The standard InChI is InChI=1S/C14H27F3O2/c1-2-11-19-12-9-7-5-3-4-6-8-10-13(18)14(15,16)17/h13,18H,2-12H2,1H3. The molecule has 0 aromatic heterocycles. The van der Waals surface area contributed by atoms with Crippen LogP contribution >= 0.6 is 0 Å². The number of alkyl halides is 3. The van der Waals surface area contributed by atoms with Gasteiger partial charge in [-0.15, -0.1) is 0 Å². The zero-order chi connectivity index (χ0) is 14.6. The summed E-state index contributed by atoms with van der Waals surface area (Å²) >= 11 is 0. The lowest BCUT2D eigenvalue weighted by molar-refractivity contribution is -0.205. The Morgan fingerprint density at radius 3 is 1.95 bits per heavy atom. The fourth-order valence-electron chi connectivity index (χ4n) is 1.84. The van der Waals surface area contributed by atoms with Crippen molar-refractivity contribution in [2.24, 2.45) is 0 Å². The Balaban J connectivity index is 3.15. The molecule has 2 nitrogen and oxygen atoms in total. The fourth-order valence-corrected chi connectivity index (χ4v) is 1.84. The lowest BCUT2D eigenvalue weighted by Gasteiger charge is -2.13. The highest BCUT2D eigenvalue weighted by Gasteiger charge is 2.37. The number of unbranched alkanes of at least 4 members (excludes halogenated alkanes) is 6. The van der Waals surface area contributed by atoms with Gasteiger partial charge in [-0.3, -0.25) is 0 Å². The van der Waals surface area contributed by atoms with Crippen LogP contribution in [0.4, 0.5) is 13.2 Å². The molecule has 0 saturated heterocycles. The summed E-state index contributed by atoms with van der Waals surface area (Å²) < 4.78 is 41.3. The third-order valence-electron chi connectivity index (χ3n) is 2.99. The summed E-state index contributed by atoms with van der Waals surface area (Å²) in [5.41, 5.74) is 0. The van der Waals surface area contributed by atoms with Gasteiger partial charge in [0.15, 0.2) is 0 Å². The summed E-state index contributed by atoms with van der Waals surface area (Å²) in [6, 6.07) is 0. The van der Waals surface area contributed by atoms with Gasteiger partial charge in [0.2, 0.25) is 0 Å². The monoisotopic (exact) mass is 284 g/mol. The summed E-state index contributed by atoms with van der Waals surface area (Å²) in [6.45, 7) is 3.71. The quantitative estimate of drug-likeness (QED) is 0.536. The lowest BCUT2D eigenvalue weighted by atomic mass is 10.1. The Morgan fingerprint density at radius 1 is 0.895 bits per heavy atom. The van der Waals surface area contributed by atoms with Gasteiger partial charge in [-0.2, -0.15) is 13.2 Å². The second-order valence-electron chi connectivity index (χ2n) is 4.93. The molecule has 5 heteroatoms. The molecule has 0 bridgehead atoms. The Labute approximate surface area is 114 Å². The third kappa shape index (κ3) is 12.5. The van der Waals surface area contributed by atoms with Gasteiger partial charge < -0.3 is 9.84 Å². The lowest BCUT2D eigenvalue weighted by Crippen LogP contribution is -2.28. The number of ether oxygens (including phenoxy) is 1. The van der Waals surface area contributed by atoms with Crippen LogP contribution in [-0.4, -0.2) is 30.6 Å². The van der Waals surface area contributed by atoms with Crippen molar-refractivity contribution in [1.82, 2.24) is 0 Å². The van der Waals surface area contributed by atoms with Crippen molar-refractivity contribution in [3.8, 4) is 0 Å². The molecule has 1 atom stereocenters. The van der Waals surface area contributed by atoms with Crippen LogP contribution in [0.2, 0.25) is 0 Å². The SMILES string of the molecule is CCCOCCCCCCCCCC(O)C(F)(F)F. The molecule has 0 spiro atoms. The second kappa shape index (κ2) is 11.5. The zero-order valence-corrected chi connectivity index (χ0v) is 11.8. The van der Waals surface area contributed by atoms with Crippen LogP contribution in [0.5, 0.6) is 0 Å². The van der Waals surface area contributed by atoms with E-state index in [4.69, 9.17) is 9.84 Å². The van der Waals surface area contributed by atoms with Gasteiger partial charge in [0.1, 0.15) is 6.10 Å². The summed E-state index contributed by atoms with van der Waals surface area (Å²) in [5, 5.41) is 8.79. The Hall–Kier alpha value is -0.290. The summed E-state index contributed by atoms with van der Waals surface area (Å²) in [5.74, 6) is 0. The van der Waals surface area contributed by atoms with Gasteiger partial charge in [0, 0.05) is 13.2 Å². The van der Waals surface area contributed by atoms with Crippen LogP contribution in [0.3, 0.4) is 0 Å². The van der Waals surface area contributed by atoms with Crippen molar-refractivity contribution >= 4 is 0 Å². The van der Waals surface area contributed by atoms with Crippen LogP contribution in [0.1, 0.15) is 64.7 Å². The number of rotatable bonds is 12. The summed E-state index contributed by atoms with van der Waals surface area (Å²) in [7, 11) is 0. The molecule has 0 aromatic carbocycles. The number of hydrogen-bond acceptors (Lipinski definition) is 2. The van der Waals surface area contributed by atoms with E-state index in [2.05, 4.69) is 6.92 Å². The molecule has 0 aliphatic heterocycles. The van der Waals surface area contributed by atoms with E-state index in [-0.39, 0.29) is 6.42 Å². The smallest absolute Gasteiger partial charge is 0.384 e. The van der Waals surface area contributed by atoms with E-state index < -0.39 is 12.3 Å². The van der Waals surface area contributed by atoms with E-state index in [1.807, 2.05) is 0 Å². The summed E-state index contributed by atoms with van der Waals surface area (Å²) in [6.07, 6.45) is 0.759. The van der Waals surface area contributed by atoms with Gasteiger partial charge in [-0.1, -0.05) is 45.4 Å². The van der Waals surface area contributed by atoms with Gasteiger partial charge in [0.05, 0.1) is 0 Å². The first-order chi connectivity index (χ1) is 8.98. The molecule has 1 N–H and O–H groups in total. The van der Waals surface area contributed by atoms with Crippen molar-refractivity contribution < 1.29 is 23.0 Å². The Morgan fingerprint density at radius 2 is 1.42 bits per heavy atom. The molecular weight excluding hydrogens is 257 g/mol. The maximum absolute atomic E-state index is 12.0. The zero-order valence-electron chi connectivity index (χ0n) is 11.8. The average Bonchev–Trinajstić information content (AvgIpc) is 2.34. The van der Waals surface area contributed by atoms with Gasteiger partial charge in [-0.05, 0) is 19.3 Å². The van der Waals surface area contributed by atoms with E-state index in [9.17, 15) is 13.2 Å². The number of aliphatic hydroxyl groups excluding tert-OH is 1. The van der Waals surface area contributed by atoms with Crippen LogP contribution in [0, 0.1) is 0 Å². The first-order valence-electron chi connectivity index (χ1n) is 7.31. The Bertz CT molecular complexity index is 196. The topological polar surface area (TPSA) is 29.5 Å². The van der Waals surface area contributed by atoms with Crippen LogP contribution in [-0.2, 0) is 4.74 Å². The predicted molar refractivity (Wildman–Crippen MR) is 70.1 cm³/mol. The second-order valence-corrected chi connectivity index (χ2v) is 4.93. The van der Waals surface area contributed by atoms with Gasteiger partial charge >= 0.3 is 6.18 Å². The normalized spacial score (nSPS) is 13.7. The molecular formula is C14H27F3O2. The van der Waals surface area contributed by atoms with Gasteiger partial charge in [0.25, 0.3) is 0 Å². The van der Waals surface area contributed by atoms with Crippen molar-refractivity contribution in [3.63, 3.8) is 0 Å². The number of aliphatic hydroxyl groups is 1. The largest absolute Gasteiger partial charge is 0.414 e. The molecule has 19 heavy (non-hydrogen) atoms. The molecule has 0 heterocycles. The highest BCUT2D eigenvalue weighted by atomic mass is 19.4. The van der Waals surface area contributed by atoms with E-state index in [1.165, 1.54) is 0 Å². The molecule has 1 unspecified atom stereocenters. The highest BCUT2D eigenvalue weighted by molar-refractivity contribution is 4.64. The molecule has 0 aliphatic rings. The highest BCUT2D eigenvalue weighted by Crippen LogP contribution is 2.24.